The van der Waals surface area contributed by atoms with Crippen LogP contribution >= 0.6 is 0 Å². The number of fused-ring (bicyclic) bond motifs is 1. The lowest BCUT2D eigenvalue weighted by atomic mass is 10.1. The van der Waals surface area contributed by atoms with E-state index < -0.39 is 0 Å². The van der Waals surface area contributed by atoms with Crippen molar-refractivity contribution in [3.63, 3.8) is 0 Å². The van der Waals surface area contributed by atoms with Crippen LogP contribution in [0.15, 0.2) is 48.7 Å². The fraction of sp³-hybridized carbons (Fsp3) is 0.333. The van der Waals surface area contributed by atoms with Crippen molar-refractivity contribution in [3.8, 4) is 5.75 Å². The van der Waals surface area contributed by atoms with E-state index in [1.807, 2.05) is 64.5 Å². The zero-order chi connectivity index (χ0) is 18.2. The highest BCUT2D eigenvalue weighted by atomic mass is 19.1. The van der Waals surface area contributed by atoms with E-state index in [1.165, 1.54) is 6.07 Å². The van der Waals surface area contributed by atoms with Crippen LogP contribution in [0, 0.1) is 5.82 Å². The Morgan fingerprint density at radius 1 is 1.04 bits per heavy atom. The molecule has 1 heterocycles. The number of likely N-dealkylation sites (N-methyl/N-ethyl adjacent to an activating group) is 1. The molecule has 3 nitrogen and oxygen atoms in total. The number of nitrogens with one attached hydrogen (secondary N) is 1. The zero-order valence-corrected chi connectivity index (χ0v) is 15.5. The third-order valence-corrected chi connectivity index (χ3v) is 3.89. The van der Waals surface area contributed by atoms with E-state index in [-0.39, 0.29) is 5.82 Å². The molecule has 1 N–H and O–H groups in total. The van der Waals surface area contributed by atoms with E-state index in [0.717, 1.165) is 35.2 Å². The Morgan fingerprint density at radius 3 is 2.44 bits per heavy atom. The molecule has 1 aromatic heterocycles. The fourth-order valence-corrected chi connectivity index (χ4v) is 2.65. The SMILES string of the molecule is CC.CN(C)CCc1c[nH]c2c(F)ccc(OCc3ccccc3)c12. The van der Waals surface area contributed by atoms with Gasteiger partial charge >= 0.3 is 0 Å². The summed E-state index contributed by atoms with van der Waals surface area (Å²) in [6, 6.07) is 13.2. The van der Waals surface area contributed by atoms with Crippen molar-refractivity contribution >= 4 is 10.9 Å². The van der Waals surface area contributed by atoms with Crippen LogP contribution in [0.5, 0.6) is 5.75 Å². The van der Waals surface area contributed by atoms with E-state index in [2.05, 4.69) is 9.88 Å². The average Bonchev–Trinajstić information content (AvgIpc) is 3.07. The van der Waals surface area contributed by atoms with Gasteiger partial charge in [0, 0.05) is 18.1 Å². The molecule has 0 unspecified atom stereocenters. The quantitative estimate of drug-likeness (QED) is 0.681. The predicted molar refractivity (Wildman–Crippen MR) is 103 cm³/mol. The molecule has 0 saturated carbocycles. The summed E-state index contributed by atoms with van der Waals surface area (Å²) < 4.78 is 20.0. The molecule has 0 aliphatic carbocycles. The lowest BCUT2D eigenvalue weighted by Crippen LogP contribution is -2.14. The van der Waals surface area contributed by atoms with Crippen molar-refractivity contribution in [2.24, 2.45) is 0 Å². The summed E-state index contributed by atoms with van der Waals surface area (Å²) in [7, 11) is 4.06. The summed E-state index contributed by atoms with van der Waals surface area (Å²) in [6.45, 7) is 5.38. The molecule has 0 spiro atoms. The number of H-pyrrole nitrogens is 1. The number of aromatic amines is 1. The minimum absolute atomic E-state index is 0.247. The Hall–Kier alpha value is -2.33. The minimum Gasteiger partial charge on any atom is -0.488 e. The second kappa shape index (κ2) is 9.23. The molecule has 0 atom stereocenters. The lowest BCUT2D eigenvalue weighted by molar-refractivity contribution is 0.309. The minimum atomic E-state index is -0.247. The van der Waals surface area contributed by atoms with Crippen molar-refractivity contribution in [1.82, 2.24) is 9.88 Å². The molecule has 4 heteroatoms. The number of halogens is 1. The van der Waals surface area contributed by atoms with Gasteiger partial charge in [0.2, 0.25) is 0 Å². The first-order valence-electron chi connectivity index (χ1n) is 8.75. The Morgan fingerprint density at radius 2 is 1.76 bits per heavy atom. The Kier molecular flexibility index (Phi) is 7.02. The van der Waals surface area contributed by atoms with Crippen LogP contribution in [0.25, 0.3) is 10.9 Å². The van der Waals surface area contributed by atoms with Crippen molar-refractivity contribution in [2.45, 2.75) is 26.9 Å². The van der Waals surface area contributed by atoms with Crippen molar-refractivity contribution in [2.75, 3.05) is 20.6 Å². The number of aromatic nitrogens is 1. The first kappa shape index (κ1) is 19.0. The lowest BCUT2D eigenvalue weighted by Gasteiger charge is -2.11. The first-order chi connectivity index (χ1) is 12.1. The maximum Gasteiger partial charge on any atom is 0.147 e. The second-order valence-corrected chi connectivity index (χ2v) is 5.94. The topological polar surface area (TPSA) is 28.3 Å². The third kappa shape index (κ3) is 4.83. The maximum atomic E-state index is 14.0. The van der Waals surface area contributed by atoms with E-state index in [9.17, 15) is 4.39 Å². The number of benzene rings is 2. The molecule has 3 rings (SSSR count). The van der Waals surface area contributed by atoms with Gasteiger partial charge in [0.25, 0.3) is 0 Å². The molecule has 0 radical (unpaired) electrons. The molecule has 0 aliphatic rings. The molecule has 2 aromatic carbocycles. The van der Waals surface area contributed by atoms with Crippen LogP contribution in [0.1, 0.15) is 25.0 Å². The smallest absolute Gasteiger partial charge is 0.147 e. The van der Waals surface area contributed by atoms with E-state index in [4.69, 9.17) is 4.74 Å². The van der Waals surface area contributed by atoms with E-state index in [1.54, 1.807) is 6.07 Å². The van der Waals surface area contributed by atoms with Gasteiger partial charge in [-0.15, -0.1) is 0 Å². The summed E-state index contributed by atoms with van der Waals surface area (Å²) >= 11 is 0. The van der Waals surface area contributed by atoms with Crippen LogP contribution in [-0.4, -0.2) is 30.5 Å². The van der Waals surface area contributed by atoms with Gasteiger partial charge in [-0.2, -0.15) is 0 Å². The summed E-state index contributed by atoms with van der Waals surface area (Å²) in [4.78, 5) is 5.16. The number of nitrogens with zero attached hydrogens (tertiary/aromatic N) is 1. The fourth-order valence-electron chi connectivity index (χ4n) is 2.65. The molecule has 0 saturated heterocycles. The summed E-state index contributed by atoms with van der Waals surface area (Å²) in [6.07, 6.45) is 2.73. The van der Waals surface area contributed by atoms with Crippen LogP contribution in [0.2, 0.25) is 0 Å². The average molecular weight is 342 g/mol. The summed E-state index contributed by atoms with van der Waals surface area (Å²) in [5.74, 6) is 0.475. The number of ether oxygens (including phenoxy) is 1. The van der Waals surface area contributed by atoms with Gasteiger partial charge in [-0.1, -0.05) is 44.2 Å². The molecule has 0 aliphatic heterocycles. The van der Waals surface area contributed by atoms with Gasteiger partial charge in [-0.05, 0) is 43.8 Å². The van der Waals surface area contributed by atoms with E-state index in [0.29, 0.717) is 12.1 Å². The monoisotopic (exact) mass is 342 g/mol. The van der Waals surface area contributed by atoms with Crippen molar-refractivity contribution in [1.29, 1.82) is 0 Å². The van der Waals surface area contributed by atoms with Gasteiger partial charge in [-0.25, -0.2) is 4.39 Å². The largest absolute Gasteiger partial charge is 0.488 e. The van der Waals surface area contributed by atoms with Crippen molar-refractivity contribution < 1.29 is 9.13 Å². The molecule has 134 valence electrons. The highest BCUT2D eigenvalue weighted by Crippen LogP contribution is 2.31. The third-order valence-electron chi connectivity index (χ3n) is 3.89. The molecule has 3 aromatic rings. The Balaban J connectivity index is 0.00000109. The van der Waals surface area contributed by atoms with Crippen molar-refractivity contribution in [3.05, 3.63) is 65.6 Å². The normalized spacial score (nSPS) is 10.6. The number of hydrogen-bond acceptors (Lipinski definition) is 2. The van der Waals surface area contributed by atoms with Crippen LogP contribution < -0.4 is 4.74 Å². The Labute approximate surface area is 149 Å². The van der Waals surface area contributed by atoms with Gasteiger partial charge < -0.3 is 14.6 Å². The Bertz CT molecular complexity index is 781. The second-order valence-electron chi connectivity index (χ2n) is 5.94. The maximum absolute atomic E-state index is 14.0. The molecule has 0 fully saturated rings. The highest BCUT2D eigenvalue weighted by molar-refractivity contribution is 5.89. The standard InChI is InChI=1S/C19H21FN2O.C2H6/c1-22(2)11-10-15-12-21-19-16(20)8-9-17(18(15)19)23-13-14-6-4-3-5-7-14;1-2/h3-9,12,21H,10-11,13H2,1-2H3;1-2H3. The van der Waals surface area contributed by atoms with Gasteiger partial charge in [0.1, 0.15) is 18.2 Å². The molecule has 0 amide bonds. The molecular weight excluding hydrogens is 315 g/mol. The van der Waals surface area contributed by atoms with Crippen LogP contribution in [-0.2, 0) is 13.0 Å². The number of rotatable bonds is 6. The predicted octanol–water partition coefficient (Wildman–Crippen LogP) is 5.02. The zero-order valence-electron chi connectivity index (χ0n) is 15.5. The molecule has 25 heavy (non-hydrogen) atoms. The van der Waals surface area contributed by atoms with Crippen LogP contribution in [0.4, 0.5) is 4.39 Å². The van der Waals surface area contributed by atoms with E-state index >= 15 is 0 Å². The highest BCUT2D eigenvalue weighted by Gasteiger charge is 2.14. The number of hydrogen-bond donors (Lipinski definition) is 1. The molecule has 0 bridgehead atoms. The van der Waals surface area contributed by atoms with Gasteiger partial charge in [0.15, 0.2) is 0 Å². The first-order valence-corrected chi connectivity index (χ1v) is 8.75. The summed E-state index contributed by atoms with van der Waals surface area (Å²) in [5, 5.41) is 0.850. The van der Waals surface area contributed by atoms with Gasteiger partial charge in [0.05, 0.1) is 5.52 Å². The summed E-state index contributed by atoms with van der Waals surface area (Å²) in [5.41, 5.74) is 2.69. The van der Waals surface area contributed by atoms with Gasteiger partial charge in [-0.3, -0.25) is 0 Å². The van der Waals surface area contributed by atoms with Crippen LogP contribution in [0.3, 0.4) is 0 Å². The molecular formula is C21H27FN2O.